The second kappa shape index (κ2) is 6.54. The lowest BCUT2D eigenvalue weighted by atomic mass is 9.87. The van der Waals surface area contributed by atoms with E-state index in [9.17, 15) is 9.59 Å². The number of carbonyl (C=O) groups excluding carboxylic acids is 2. The van der Waals surface area contributed by atoms with Crippen molar-refractivity contribution in [2.45, 2.75) is 44.6 Å². The van der Waals surface area contributed by atoms with Gasteiger partial charge in [-0.05, 0) is 61.9 Å². The summed E-state index contributed by atoms with van der Waals surface area (Å²) in [5.41, 5.74) is 8.52. The molecule has 0 atom stereocenters. The number of amides is 1. The molecule has 0 radical (unpaired) electrons. The molecule has 0 saturated heterocycles. The molecule has 1 amide bonds. The van der Waals surface area contributed by atoms with Crippen LogP contribution in [-0.2, 0) is 24.0 Å². The highest BCUT2D eigenvalue weighted by Crippen LogP contribution is 2.45. The summed E-state index contributed by atoms with van der Waals surface area (Å²) in [5, 5.41) is 3.23. The number of nitrogens with zero attached hydrogens (tertiary/aromatic N) is 1. The molecule has 3 heterocycles. The fourth-order valence-corrected chi connectivity index (χ4v) is 4.97. The van der Waals surface area contributed by atoms with E-state index >= 15 is 0 Å². The number of benzene rings is 1. The molecule has 0 unspecified atom stereocenters. The van der Waals surface area contributed by atoms with Crippen LogP contribution in [0.1, 0.15) is 57.3 Å². The van der Waals surface area contributed by atoms with E-state index in [4.69, 9.17) is 4.74 Å². The zero-order valence-electron chi connectivity index (χ0n) is 17.4. The Morgan fingerprint density at radius 2 is 2.10 bits per heavy atom. The van der Waals surface area contributed by atoms with Gasteiger partial charge in [-0.3, -0.25) is 9.78 Å². The SMILES string of the molecule is CCOC(=O)c1cccc(-c2cc3c(cn2)CCc2c-3[nH]c3c2C(=O)NC2(CC2)C3)c1. The maximum absolute atomic E-state index is 12.8. The van der Waals surface area contributed by atoms with Crippen LogP contribution in [0.15, 0.2) is 36.5 Å². The Labute approximate surface area is 180 Å². The van der Waals surface area contributed by atoms with Crippen LogP contribution >= 0.6 is 0 Å². The van der Waals surface area contributed by atoms with Crippen molar-refractivity contribution in [2.24, 2.45) is 0 Å². The van der Waals surface area contributed by atoms with Gasteiger partial charge < -0.3 is 15.0 Å². The Hall–Kier alpha value is -3.41. The molecule has 0 bridgehead atoms. The minimum atomic E-state index is -0.332. The predicted molar refractivity (Wildman–Crippen MR) is 116 cm³/mol. The lowest BCUT2D eigenvalue weighted by molar-refractivity contribution is 0.0526. The zero-order chi connectivity index (χ0) is 21.2. The van der Waals surface area contributed by atoms with Crippen LogP contribution in [0.25, 0.3) is 22.5 Å². The second-order valence-electron chi connectivity index (χ2n) is 8.77. The van der Waals surface area contributed by atoms with Crippen LogP contribution in [0.3, 0.4) is 0 Å². The van der Waals surface area contributed by atoms with Crippen molar-refractivity contribution in [3.05, 3.63) is 64.5 Å². The molecule has 3 aliphatic rings. The number of fused-ring (bicyclic) bond motifs is 5. The number of hydrogen-bond acceptors (Lipinski definition) is 4. The van der Waals surface area contributed by atoms with Crippen molar-refractivity contribution >= 4 is 11.9 Å². The largest absolute Gasteiger partial charge is 0.462 e. The highest BCUT2D eigenvalue weighted by molar-refractivity contribution is 6.01. The molecule has 2 N–H and O–H groups in total. The van der Waals surface area contributed by atoms with E-state index in [0.29, 0.717) is 12.2 Å². The molecule has 6 heteroatoms. The van der Waals surface area contributed by atoms with Crippen molar-refractivity contribution in [1.82, 2.24) is 15.3 Å². The summed E-state index contributed by atoms with van der Waals surface area (Å²) in [6.07, 6.45) is 6.63. The molecular weight excluding hydrogens is 390 g/mol. The third-order valence-corrected chi connectivity index (χ3v) is 6.73. The van der Waals surface area contributed by atoms with Crippen LogP contribution in [0.4, 0.5) is 0 Å². The number of H-pyrrole nitrogens is 1. The van der Waals surface area contributed by atoms with Crippen molar-refractivity contribution in [3.63, 3.8) is 0 Å². The van der Waals surface area contributed by atoms with E-state index in [1.165, 1.54) is 5.56 Å². The fraction of sp³-hybridized carbons (Fsp3) is 0.320. The topological polar surface area (TPSA) is 84.1 Å². The number of aryl methyl sites for hydroxylation is 1. The molecule has 3 aromatic rings. The number of hydrogen-bond donors (Lipinski definition) is 2. The Balaban J connectivity index is 1.42. The van der Waals surface area contributed by atoms with Crippen molar-refractivity contribution in [1.29, 1.82) is 0 Å². The third-order valence-electron chi connectivity index (χ3n) is 6.73. The minimum absolute atomic E-state index is 0.0166. The maximum Gasteiger partial charge on any atom is 0.338 e. The van der Waals surface area contributed by atoms with E-state index in [1.807, 2.05) is 24.4 Å². The van der Waals surface area contributed by atoms with Crippen LogP contribution < -0.4 is 5.32 Å². The maximum atomic E-state index is 12.8. The van der Waals surface area contributed by atoms with E-state index in [0.717, 1.165) is 71.4 Å². The zero-order valence-corrected chi connectivity index (χ0v) is 17.4. The van der Waals surface area contributed by atoms with Crippen LogP contribution in [0.2, 0.25) is 0 Å². The third kappa shape index (κ3) is 2.89. The number of pyridine rings is 1. The van der Waals surface area contributed by atoms with Gasteiger partial charge in [-0.1, -0.05) is 12.1 Å². The average molecular weight is 413 g/mol. The van der Waals surface area contributed by atoms with Crippen LogP contribution in [-0.4, -0.2) is 34.0 Å². The van der Waals surface area contributed by atoms with E-state index in [2.05, 4.69) is 21.4 Å². The number of aromatic amines is 1. The Morgan fingerprint density at radius 1 is 1.23 bits per heavy atom. The first kappa shape index (κ1) is 18.4. The monoisotopic (exact) mass is 413 g/mol. The summed E-state index contributed by atoms with van der Waals surface area (Å²) >= 11 is 0. The minimum Gasteiger partial charge on any atom is -0.462 e. The molecule has 1 aromatic carbocycles. The van der Waals surface area contributed by atoms with Gasteiger partial charge >= 0.3 is 5.97 Å². The van der Waals surface area contributed by atoms with Gasteiger partial charge in [0.2, 0.25) is 0 Å². The Morgan fingerprint density at radius 3 is 2.90 bits per heavy atom. The molecular formula is C25H23N3O3. The summed E-state index contributed by atoms with van der Waals surface area (Å²) < 4.78 is 5.13. The highest BCUT2D eigenvalue weighted by atomic mass is 16.5. The smallest absolute Gasteiger partial charge is 0.338 e. The van der Waals surface area contributed by atoms with Gasteiger partial charge in [-0.15, -0.1) is 0 Å². The number of ether oxygens (including phenoxy) is 1. The summed E-state index contributed by atoms with van der Waals surface area (Å²) in [4.78, 5) is 33.2. The van der Waals surface area contributed by atoms with Gasteiger partial charge in [0.25, 0.3) is 5.91 Å². The van der Waals surface area contributed by atoms with Gasteiger partial charge in [-0.2, -0.15) is 0 Å². The number of nitrogens with one attached hydrogen (secondary N) is 2. The summed E-state index contributed by atoms with van der Waals surface area (Å²) in [5.74, 6) is -0.266. The van der Waals surface area contributed by atoms with Gasteiger partial charge in [0.05, 0.1) is 29.1 Å². The number of rotatable bonds is 3. The molecule has 1 saturated carbocycles. The number of carbonyl (C=O) groups is 2. The van der Waals surface area contributed by atoms with Gasteiger partial charge in [0.15, 0.2) is 0 Å². The van der Waals surface area contributed by atoms with Gasteiger partial charge in [0.1, 0.15) is 0 Å². The Kier molecular flexibility index (Phi) is 3.88. The molecule has 1 fully saturated rings. The standard InChI is InChI=1S/C25H23N3O3/c1-2-31-24(30)15-5-3-4-14(10-15)19-11-18-16(13-26-19)6-7-17-21-20(27-22(17)18)12-25(8-9-25)28-23(21)29/h3-5,10-11,13,27H,2,6-9,12H2,1H3,(H,28,29). The second-order valence-corrected chi connectivity index (χ2v) is 8.77. The first-order chi connectivity index (χ1) is 15.1. The lowest BCUT2D eigenvalue weighted by Crippen LogP contribution is -2.43. The normalized spacial score (nSPS) is 17.4. The van der Waals surface area contributed by atoms with Crippen molar-refractivity contribution < 1.29 is 14.3 Å². The van der Waals surface area contributed by atoms with Crippen molar-refractivity contribution in [3.8, 4) is 22.5 Å². The molecule has 2 aliphatic carbocycles. The summed E-state index contributed by atoms with van der Waals surface area (Å²) in [6, 6.07) is 9.44. The predicted octanol–water partition coefficient (Wildman–Crippen LogP) is 3.84. The van der Waals surface area contributed by atoms with E-state index in [-0.39, 0.29) is 17.4 Å². The van der Waals surface area contributed by atoms with Gasteiger partial charge in [0, 0.05) is 35.0 Å². The molecule has 156 valence electrons. The van der Waals surface area contributed by atoms with E-state index in [1.54, 1.807) is 13.0 Å². The Bertz CT molecular complexity index is 1250. The van der Waals surface area contributed by atoms with Crippen LogP contribution in [0, 0.1) is 0 Å². The first-order valence-electron chi connectivity index (χ1n) is 10.9. The fourth-order valence-electron chi connectivity index (χ4n) is 4.97. The average Bonchev–Trinajstić information content (AvgIpc) is 3.40. The van der Waals surface area contributed by atoms with Gasteiger partial charge in [-0.25, -0.2) is 4.79 Å². The quantitative estimate of drug-likeness (QED) is 0.639. The molecule has 2 aromatic heterocycles. The molecule has 6 nitrogen and oxygen atoms in total. The lowest BCUT2D eigenvalue weighted by Gasteiger charge is -2.24. The molecule has 6 rings (SSSR count). The van der Waals surface area contributed by atoms with Crippen molar-refractivity contribution in [2.75, 3.05) is 6.61 Å². The summed E-state index contributed by atoms with van der Waals surface area (Å²) in [6.45, 7) is 2.14. The highest BCUT2D eigenvalue weighted by Gasteiger charge is 2.49. The number of esters is 1. The number of aromatic nitrogens is 2. The van der Waals surface area contributed by atoms with E-state index < -0.39 is 0 Å². The van der Waals surface area contributed by atoms with Crippen LogP contribution in [0.5, 0.6) is 0 Å². The molecule has 31 heavy (non-hydrogen) atoms. The molecule has 1 aliphatic heterocycles. The molecule has 1 spiro atoms. The summed E-state index contributed by atoms with van der Waals surface area (Å²) in [7, 11) is 0. The first-order valence-corrected chi connectivity index (χ1v) is 10.9.